The van der Waals surface area contributed by atoms with Crippen LogP contribution in [0.1, 0.15) is 5.56 Å². The molecule has 12 heteroatoms. The number of hydrogen-bond donors (Lipinski definition) is 1. The Morgan fingerprint density at radius 2 is 1.80 bits per heavy atom. The van der Waals surface area contributed by atoms with Gasteiger partial charge in [0.25, 0.3) is 11.6 Å². The number of non-ortho nitro benzene ring substituents is 1. The van der Waals surface area contributed by atoms with Crippen LogP contribution >= 0.6 is 15.9 Å². The van der Waals surface area contributed by atoms with Crippen LogP contribution in [0.5, 0.6) is 11.5 Å². The molecule has 0 aliphatic heterocycles. The van der Waals surface area contributed by atoms with Gasteiger partial charge in [-0.3, -0.25) is 14.9 Å². The zero-order valence-corrected chi connectivity index (χ0v) is 20.4. The number of nitro benzene ring substituents is 1. The summed E-state index contributed by atoms with van der Waals surface area (Å²) in [7, 11) is -2.82. The molecule has 178 valence electrons. The van der Waals surface area contributed by atoms with E-state index in [0.29, 0.717) is 17.0 Å². The number of rotatable bonds is 8. The molecule has 0 aliphatic rings. The number of anilines is 1. The summed E-state index contributed by atoms with van der Waals surface area (Å²) in [5.41, 5.74) is 0.352. The van der Waals surface area contributed by atoms with E-state index in [1.807, 2.05) is 6.07 Å². The number of carbonyl (C=O) groups is 1. The van der Waals surface area contributed by atoms with E-state index in [1.54, 1.807) is 24.3 Å². The Hall–Kier alpha value is -4.21. The molecule has 0 atom stereocenters. The number of para-hydroxylation sites is 2. The van der Waals surface area contributed by atoms with Crippen LogP contribution in [0.15, 0.2) is 81.7 Å². The summed E-state index contributed by atoms with van der Waals surface area (Å²) >= 11 is 3.22. The van der Waals surface area contributed by atoms with E-state index in [2.05, 4.69) is 21.2 Å². The van der Waals surface area contributed by atoms with Crippen molar-refractivity contribution in [3.05, 3.63) is 92.5 Å². The molecule has 35 heavy (non-hydrogen) atoms. The molecule has 0 fully saturated rings. The van der Waals surface area contributed by atoms with Crippen LogP contribution in [0.4, 0.5) is 11.4 Å². The minimum atomic E-state index is -4.27. The van der Waals surface area contributed by atoms with E-state index >= 15 is 0 Å². The number of ether oxygens (including phenoxy) is 1. The van der Waals surface area contributed by atoms with Crippen molar-refractivity contribution in [3.8, 4) is 17.6 Å². The van der Waals surface area contributed by atoms with Gasteiger partial charge in [-0.1, -0.05) is 18.2 Å². The quantitative estimate of drug-likeness (QED) is 0.138. The topological polar surface area (TPSA) is 149 Å². The Balaban J connectivity index is 1.80. The summed E-state index contributed by atoms with van der Waals surface area (Å²) in [4.78, 5) is 22.4. The highest BCUT2D eigenvalue weighted by molar-refractivity contribution is 9.10. The van der Waals surface area contributed by atoms with Crippen LogP contribution in [0.2, 0.25) is 0 Å². The van der Waals surface area contributed by atoms with E-state index in [0.717, 1.165) is 24.3 Å². The maximum absolute atomic E-state index is 12.6. The third-order valence-corrected chi connectivity index (χ3v) is 6.39. The molecule has 3 aromatic rings. The number of amides is 1. The fraction of sp³-hybridized carbons (Fsp3) is 0.0435. The highest BCUT2D eigenvalue weighted by Gasteiger charge is 2.20. The lowest BCUT2D eigenvalue weighted by atomic mass is 10.1. The van der Waals surface area contributed by atoms with Gasteiger partial charge in [-0.15, -0.1) is 0 Å². The fourth-order valence-corrected chi connectivity index (χ4v) is 4.36. The lowest BCUT2D eigenvalue weighted by Crippen LogP contribution is -2.14. The summed E-state index contributed by atoms with van der Waals surface area (Å²) in [6.45, 7) is 0. The number of hydrogen-bond acceptors (Lipinski definition) is 8. The predicted molar refractivity (Wildman–Crippen MR) is 130 cm³/mol. The number of nitrogens with zero attached hydrogens (tertiary/aromatic N) is 2. The van der Waals surface area contributed by atoms with Crippen LogP contribution in [-0.2, 0) is 14.9 Å². The predicted octanol–water partition coefficient (Wildman–Crippen LogP) is 4.68. The fourth-order valence-electron chi connectivity index (χ4n) is 2.83. The summed E-state index contributed by atoms with van der Waals surface area (Å²) in [6.07, 6.45) is 1.32. The molecule has 0 bridgehead atoms. The molecule has 3 aromatic carbocycles. The monoisotopic (exact) mass is 557 g/mol. The molecule has 0 heterocycles. The summed E-state index contributed by atoms with van der Waals surface area (Å²) in [5, 5.41) is 22.8. The lowest BCUT2D eigenvalue weighted by molar-refractivity contribution is -0.384. The van der Waals surface area contributed by atoms with Crippen molar-refractivity contribution in [1.82, 2.24) is 0 Å². The van der Waals surface area contributed by atoms with Gasteiger partial charge in [-0.25, -0.2) is 0 Å². The number of nitriles is 1. The van der Waals surface area contributed by atoms with Crippen LogP contribution in [0.25, 0.3) is 6.08 Å². The minimum absolute atomic E-state index is 0.0579. The van der Waals surface area contributed by atoms with Gasteiger partial charge in [-0.2, -0.15) is 13.7 Å². The van der Waals surface area contributed by atoms with Crippen molar-refractivity contribution in [1.29, 1.82) is 5.26 Å². The lowest BCUT2D eigenvalue weighted by Gasteiger charge is -2.10. The van der Waals surface area contributed by atoms with Gasteiger partial charge in [0.1, 0.15) is 22.3 Å². The van der Waals surface area contributed by atoms with Gasteiger partial charge < -0.3 is 14.2 Å². The largest absolute Gasteiger partial charge is 0.495 e. The zero-order chi connectivity index (χ0) is 25.6. The first-order valence-electron chi connectivity index (χ1n) is 9.69. The Kier molecular flexibility index (Phi) is 7.85. The van der Waals surface area contributed by atoms with E-state index < -0.39 is 20.9 Å². The summed E-state index contributed by atoms with van der Waals surface area (Å²) in [5.74, 6) is -0.289. The van der Waals surface area contributed by atoms with Crippen molar-refractivity contribution < 1.29 is 27.1 Å². The standard InChI is InChI=1S/C23H16BrN3O7S/c1-33-22-5-3-2-4-20(22)26-23(28)16(14-25)12-15-6-11-21(19(24)13-15)34-35(31,32)18-9-7-17(8-10-18)27(29)30/h2-13H,1H3,(H,26,28)/b16-12+. The van der Waals surface area contributed by atoms with Crippen LogP contribution in [-0.4, -0.2) is 26.4 Å². The van der Waals surface area contributed by atoms with E-state index in [9.17, 15) is 28.6 Å². The molecule has 0 unspecified atom stereocenters. The molecule has 1 amide bonds. The zero-order valence-electron chi connectivity index (χ0n) is 18.0. The normalized spacial score (nSPS) is 11.3. The highest BCUT2D eigenvalue weighted by Crippen LogP contribution is 2.30. The van der Waals surface area contributed by atoms with E-state index in [-0.39, 0.29) is 26.4 Å². The second kappa shape index (κ2) is 10.8. The second-order valence-corrected chi connectivity index (χ2v) is 9.20. The molecule has 0 aromatic heterocycles. The number of nitrogens with one attached hydrogen (secondary N) is 1. The molecular weight excluding hydrogens is 542 g/mol. The third-order valence-electron chi connectivity index (χ3n) is 4.52. The Morgan fingerprint density at radius 3 is 2.40 bits per heavy atom. The average molecular weight is 558 g/mol. The SMILES string of the molecule is COc1ccccc1NC(=O)/C(C#N)=C/c1ccc(OS(=O)(=O)c2ccc([N+](=O)[O-])cc2)c(Br)c1. The second-order valence-electron chi connectivity index (χ2n) is 6.80. The molecule has 0 saturated carbocycles. The maximum atomic E-state index is 12.6. The van der Waals surface area contributed by atoms with Gasteiger partial charge >= 0.3 is 10.1 Å². The molecule has 1 N–H and O–H groups in total. The molecule has 0 aliphatic carbocycles. The van der Waals surface area contributed by atoms with Gasteiger partial charge in [0.2, 0.25) is 0 Å². The van der Waals surface area contributed by atoms with Crippen molar-refractivity contribution in [2.24, 2.45) is 0 Å². The van der Waals surface area contributed by atoms with Gasteiger partial charge in [-0.05, 0) is 64.0 Å². The third kappa shape index (κ3) is 6.23. The molecular formula is C23H16BrN3O7S. The first kappa shape index (κ1) is 25.4. The van der Waals surface area contributed by atoms with E-state index in [4.69, 9.17) is 8.92 Å². The Labute approximate surface area is 208 Å². The number of benzene rings is 3. The molecule has 10 nitrogen and oxygen atoms in total. The summed E-state index contributed by atoms with van der Waals surface area (Å²) < 4.78 is 35.6. The van der Waals surface area contributed by atoms with Crippen LogP contribution in [0, 0.1) is 21.4 Å². The molecule has 0 radical (unpaired) electrons. The van der Waals surface area contributed by atoms with Crippen LogP contribution < -0.4 is 14.2 Å². The smallest absolute Gasteiger partial charge is 0.339 e. The highest BCUT2D eigenvalue weighted by atomic mass is 79.9. The molecule has 0 saturated heterocycles. The average Bonchev–Trinajstić information content (AvgIpc) is 2.84. The van der Waals surface area contributed by atoms with Crippen molar-refractivity contribution in [2.45, 2.75) is 4.90 Å². The Bertz CT molecular complexity index is 1460. The Morgan fingerprint density at radius 1 is 1.11 bits per heavy atom. The van der Waals surface area contributed by atoms with Crippen LogP contribution in [0.3, 0.4) is 0 Å². The number of carbonyl (C=O) groups excluding carboxylic acids is 1. The number of methoxy groups -OCH3 is 1. The first-order chi connectivity index (χ1) is 16.6. The van der Waals surface area contributed by atoms with Gasteiger partial charge in [0.15, 0.2) is 5.75 Å². The van der Waals surface area contributed by atoms with Crippen molar-refractivity contribution in [3.63, 3.8) is 0 Å². The first-order valence-corrected chi connectivity index (χ1v) is 11.9. The van der Waals surface area contributed by atoms with E-state index in [1.165, 1.54) is 31.4 Å². The minimum Gasteiger partial charge on any atom is -0.495 e. The van der Waals surface area contributed by atoms with Gasteiger partial charge in [0, 0.05) is 12.1 Å². The maximum Gasteiger partial charge on any atom is 0.339 e. The van der Waals surface area contributed by atoms with Gasteiger partial charge in [0.05, 0.1) is 22.2 Å². The number of halogens is 1. The van der Waals surface area contributed by atoms with Crippen molar-refractivity contribution in [2.75, 3.05) is 12.4 Å². The molecule has 0 spiro atoms. The number of nitro groups is 1. The van der Waals surface area contributed by atoms with Crippen molar-refractivity contribution >= 4 is 49.4 Å². The molecule has 3 rings (SSSR count). The summed E-state index contributed by atoms with van der Waals surface area (Å²) in [6, 6.07) is 17.1.